The van der Waals surface area contributed by atoms with Crippen LogP contribution < -0.4 is 21.1 Å². The summed E-state index contributed by atoms with van der Waals surface area (Å²) in [5, 5.41) is 14.6. The number of aromatic nitrogens is 2. The van der Waals surface area contributed by atoms with Gasteiger partial charge in [-0.25, -0.2) is 14.8 Å². The van der Waals surface area contributed by atoms with Crippen molar-refractivity contribution in [2.45, 2.75) is 83.7 Å². The van der Waals surface area contributed by atoms with E-state index in [2.05, 4.69) is 27.5 Å². The Morgan fingerprint density at radius 2 is 1.39 bits per heavy atom. The van der Waals surface area contributed by atoms with Gasteiger partial charge in [0.1, 0.15) is 17.8 Å². The van der Waals surface area contributed by atoms with Crippen LogP contribution in [0.1, 0.15) is 86.7 Å². The number of unbranched alkanes of at least 4 members (excludes halogenated alkanes) is 4. The summed E-state index contributed by atoms with van der Waals surface area (Å²) in [5.41, 5.74) is 9.86. The van der Waals surface area contributed by atoms with E-state index < -0.39 is 42.2 Å². The number of carbonyl (C=O) groups excluding carboxylic acids is 3. The number of nitrogens with one attached hydrogen (secondary N) is 2. The molecule has 11 nitrogen and oxygen atoms in total. The number of aliphatic carboxylic acids is 1. The van der Waals surface area contributed by atoms with Gasteiger partial charge in [0, 0.05) is 35.5 Å². The molecule has 3 amide bonds. The minimum Gasteiger partial charge on any atom is -0.494 e. The van der Waals surface area contributed by atoms with Gasteiger partial charge < -0.3 is 26.2 Å². The third-order valence-electron chi connectivity index (χ3n) is 8.49. The molecule has 1 aromatic heterocycles. The molecule has 51 heavy (non-hydrogen) atoms. The zero-order chi connectivity index (χ0) is 36.8. The van der Waals surface area contributed by atoms with Gasteiger partial charge >= 0.3 is 5.97 Å². The number of hydrogen-bond acceptors (Lipinski definition) is 7. The highest BCUT2D eigenvalue weighted by Gasteiger charge is 2.28. The molecule has 0 aliphatic heterocycles. The van der Waals surface area contributed by atoms with Crippen molar-refractivity contribution in [1.29, 1.82) is 0 Å². The van der Waals surface area contributed by atoms with E-state index >= 15 is 0 Å². The molecule has 0 aliphatic rings. The molecule has 0 radical (unpaired) electrons. The smallest absolute Gasteiger partial charge is 0.326 e. The number of ether oxygens (including phenoxy) is 1. The largest absolute Gasteiger partial charge is 0.494 e. The van der Waals surface area contributed by atoms with Crippen LogP contribution in [0.2, 0.25) is 0 Å². The lowest BCUT2D eigenvalue weighted by Gasteiger charge is -2.21. The number of nitrogens with zero attached hydrogens (tertiary/aromatic N) is 2. The Hall–Kier alpha value is -5.58. The summed E-state index contributed by atoms with van der Waals surface area (Å²) >= 11 is 0. The summed E-state index contributed by atoms with van der Waals surface area (Å²) < 4.78 is 5.88. The molecule has 2 atom stereocenters. The molecule has 0 fully saturated rings. The number of carboxylic acids is 1. The molecule has 11 heteroatoms. The van der Waals surface area contributed by atoms with Crippen LogP contribution in [-0.2, 0) is 20.8 Å². The number of nitrogens with two attached hydrogens (primary N) is 1. The van der Waals surface area contributed by atoms with E-state index in [4.69, 9.17) is 10.5 Å². The van der Waals surface area contributed by atoms with Crippen molar-refractivity contribution >= 4 is 23.7 Å². The molecule has 4 aromatic rings. The summed E-state index contributed by atoms with van der Waals surface area (Å²) in [6.07, 6.45) is 8.92. The lowest BCUT2D eigenvalue weighted by Crippen LogP contribution is -2.53. The second-order valence-corrected chi connectivity index (χ2v) is 12.9. The first-order valence-electron chi connectivity index (χ1n) is 17.4. The van der Waals surface area contributed by atoms with Crippen molar-refractivity contribution in [1.82, 2.24) is 20.6 Å². The third-order valence-corrected chi connectivity index (χ3v) is 8.49. The van der Waals surface area contributed by atoms with Gasteiger partial charge in [0.2, 0.25) is 11.8 Å². The maximum atomic E-state index is 13.3. The molecule has 0 aliphatic carbocycles. The Morgan fingerprint density at radius 3 is 1.98 bits per heavy atom. The van der Waals surface area contributed by atoms with Crippen LogP contribution in [0, 0.1) is 0 Å². The maximum absolute atomic E-state index is 13.3. The van der Waals surface area contributed by atoms with Gasteiger partial charge in [-0.2, -0.15) is 0 Å². The van der Waals surface area contributed by atoms with Crippen molar-refractivity contribution < 1.29 is 29.0 Å². The fourth-order valence-electron chi connectivity index (χ4n) is 5.43. The SMILES string of the molecule is CCCCCCCOc1ccc(-c2cnc(-c3ccc(CC(NC(=O)c4ccc(C(C)C)cc4)C(=O)NC(CC(N)=O)C(=O)O)cc3)nc2)cc1. The van der Waals surface area contributed by atoms with Crippen LogP contribution in [-0.4, -0.2) is 57.5 Å². The summed E-state index contributed by atoms with van der Waals surface area (Å²) in [6.45, 7) is 6.99. The Kier molecular flexibility index (Phi) is 14.2. The molecule has 268 valence electrons. The Balaban J connectivity index is 1.43. The minimum atomic E-state index is -1.54. The van der Waals surface area contributed by atoms with Gasteiger partial charge in [-0.05, 0) is 53.3 Å². The van der Waals surface area contributed by atoms with E-state index in [1.165, 1.54) is 25.7 Å². The van der Waals surface area contributed by atoms with Crippen LogP contribution in [0.3, 0.4) is 0 Å². The van der Waals surface area contributed by atoms with Gasteiger partial charge in [-0.1, -0.05) is 95.0 Å². The maximum Gasteiger partial charge on any atom is 0.326 e. The molecule has 0 bridgehead atoms. The highest BCUT2D eigenvalue weighted by atomic mass is 16.5. The van der Waals surface area contributed by atoms with E-state index in [-0.39, 0.29) is 12.3 Å². The average Bonchev–Trinajstić information content (AvgIpc) is 3.13. The first-order chi connectivity index (χ1) is 24.5. The fourth-order valence-corrected chi connectivity index (χ4v) is 5.43. The van der Waals surface area contributed by atoms with E-state index in [0.29, 0.717) is 23.6 Å². The molecule has 0 saturated heterocycles. The zero-order valence-electron chi connectivity index (χ0n) is 29.4. The normalized spacial score (nSPS) is 12.2. The zero-order valence-corrected chi connectivity index (χ0v) is 29.4. The third kappa shape index (κ3) is 11.8. The van der Waals surface area contributed by atoms with Gasteiger partial charge in [-0.3, -0.25) is 14.4 Å². The van der Waals surface area contributed by atoms with E-state index in [0.717, 1.165) is 34.4 Å². The fraction of sp³-hybridized carbons (Fsp3) is 0.350. The number of primary amides is 1. The Bertz CT molecular complexity index is 1740. The monoisotopic (exact) mass is 693 g/mol. The van der Waals surface area contributed by atoms with Gasteiger partial charge in [0.15, 0.2) is 5.82 Å². The van der Waals surface area contributed by atoms with Crippen LogP contribution in [0.4, 0.5) is 0 Å². The lowest BCUT2D eigenvalue weighted by molar-refractivity contribution is -0.143. The molecule has 1 heterocycles. The molecule has 2 unspecified atom stereocenters. The molecular formula is C40H47N5O6. The van der Waals surface area contributed by atoms with Crippen LogP contribution in [0.5, 0.6) is 5.75 Å². The van der Waals surface area contributed by atoms with Crippen molar-refractivity contribution in [3.05, 3.63) is 102 Å². The molecule has 5 N–H and O–H groups in total. The number of hydrogen-bond donors (Lipinski definition) is 4. The minimum absolute atomic E-state index is 0.0448. The second kappa shape index (κ2) is 19.0. The molecular weight excluding hydrogens is 646 g/mol. The standard InChI is InChI=1S/C40H47N5O6/c1-4-5-6-7-8-21-51-33-19-17-29(18-20-33)32-24-42-37(43-25-32)30-11-9-27(10-12-30)22-34(39(48)45-35(40(49)50)23-36(41)46)44-38(47)31-15-13-28(14-16-31)26(2)3/h9-20,24-26,34-35H,4-8,21-23H2,1-3H3,(H2,41,46)(H,44,47)(H,45,48)(H,49,50). The molecule has 0 spiro atoms. The van der Waals surface area contributed by atoms with E-state index in [9.17, 15) is 24.3 Å². The van der Waals surface area contributed by atoms with E-state index in [1.54, 1.807) is 36.7 Å². The molecule has 0 saturated carbocycles. The first-order valence-corrected chi connectivity index (χ1v) is 17.4. The highest BCUT2D eigenvalue weighted by molar-refractivity contribution is 5.98. The molecule has 4 rings (SSSR count). The Morgan fingerprint density at radius 1 is 0.765 bits per heavy atom. The summed E-state index contributed by atoms with van der Waals surface area (Å²) in [6, 6.07) is 19.4. The summed E-state index contributed by atoms with van der Waals surface area (Å²) in [4.78, 5) is 58.8. The van der Waals surface area contributed by atoms with Crippen molar-refractivity contribution in [2.75, 3.05) is 6.61 Å². The summed E-state index contributed by atoms with van der Waals surface area (Å²) in [5.74, 6) is -1.95. The van der Waals surface area contributed by atoms with Gasteiger partial charge in [0.25, 0.3) is 5.91 Å². The molecule has 3 aromatic carbocycles. The van der Waals surface area contributed by atoms with Crippen LogP contribution in [0.25, 0.3) is 22.5 Å². The van der Waals surface area contributed by atoms with E-state index in [1.807, 2.05) is 62.4 Å². The first kappa shape index (κ1) is 38.2. The Labute approximate surface area is 299 Å². The summed E-state index contributed by atoms with van der Waals surface area (Å²) in [7, 11) is 0. The number of rotatable bonds is 19. The van der Waals surface area contributed by atoms with Gasteiger partial charge in [0.05, 0.1) is 13.0 Å². The number of carbonyl (C=O) groups is 4. The van der Waals surface area contributed by atoms with Crippen molar-refractivity contribution in [3.8, 4) is 28.3 Å². The number of benzene rings is 3. The lowest BCUT2D eigenvalue weighted by atomic mass is 10.0. The predicted molar refractivity (Wildman–Crippen MR) is 196 cm³/mol. The predicted octanol–water partition coefficient (Wildman–Crippen LogP) is 6.07. The quantitative estimate of drug-likeness (QED) is 0.0857. The van der Waals surface area contributed by atoms with Gasteiger partial charge in [-0.15, -0.1) is 0 Å². The number of amides is 3. The van der Waals surface area contributed by atoms with Crippen molar-refractivity contribution in [3.63, 3.8) is 0 Å². The second-order valence-electron chi connectivity index (χ2n) is 12.9. The average molecular weight is 694 g/mol. The van der Waals surface area contributed by atoms with Crippen LogP contribution >= 0.6 is 0 Å². The van der Waals surface area contributed by atoms with Crippen molar-refractivity contribution in [2.24, 2.45) is 5.73 Å². The number of carboxylic acid groups (broad SMARTS) is 1. The topological polar surface area (TPSA) is 174 Å². The highest BCUT2D eigenvalue weighted by Crippen LogP contribution is 2.24. The van der Waals surface area contributed by atoms with Crippen LogP contribution in [0.15, 0.2) is 85.2 Å².